The van der Waals surface area contributed by atoms with Gasteiger partial charge in [0.15, 0.2) is 0 Å². The zero-order valence-corrected chi connectivity index (χ0v) is 12.6. The maximum Gasteiger partial charge on any atom is 0.346 e. The lowest BCUT2D eigenvalue weighted by molar-refractivity contribution is -0.132. The molecule has 2 heterocycles. The Labute approximate surface area is 120 Å². The van der Waals surface area contributed by atoms with E-state index in [1.54, 1.807) is 14.0 Å². The fourth-order valence-electron chi connectivity index (χ4n) is 1.86. The number of hydrogen-bond donors (Lipinski definition) is 1. The van der Waals surface area contributed by atoms with Gasteiger partial charge in [0.05, 0.1) is 6.54 Å². The van der Waals surface area contributed by atoms with Crippen molar-refractivity contribution in [3.05, 3.63) is 16.5 Å². The zero-order valence-electron chi connectivity index (χ0n) is 11.0. The summed E-state index contributed by atoms with van der Waals surface area (Å²) in [5, 5.41) is 8.97. The van der Waals surface area contributed by atoms with Crippen LogP contribution in [0.1, 0.15) is 15.2 Å². The quantitative estimate of drug-likeness (QED) is 0.860. The van der Waals surface area contributed by atoms with Gasteiger partial charge >= 0.3 is 5.97 Å². The van der Waals surface area contributed by atoms with Crippen LogP contribution < -0.4 is 0 Å². The second-order valence-corrected chi connectivity index (χ2v) is 7.75. The summed E-state index contributed by atoms with van der Waals surface area (Å²) in [4.78, 5) is 24.0. The molecule has 20 heavy (non-hydrogen) atoms. The first-order chi connectivity index (χ1) is 9.23. The number of rotatable bonds is 3. The van der Waals surface area contributed by atoms with Crippen molar-refractivity contribution < 1.29 is 23.1 Å². The second-order valence-electron chi connectivity index (χ2n) is 4.54. The van der Waals surface area contributed by atoms with Gasteiger partial charge in [0.25, 0.3) is 10.0 Å². The number of aryl methyl sites for hydroxylation is 1. The molecule has 1 aliphatic rings. The highest BCUT2D eigenvalue weighted by atomic mass is 32.2. The number of hydrogen-bond acceptors (Lipinski definition) is 5. The average Bonchev–Trinajstić information content (AvgIpc) is 2.75. The predicted octanol–water partition coefficient (Wildman–Crippen LogP) is 0.217. The van der Waals surface area contributed by atoms with Gasteiger partial charge in [-0.25, -0.2) is 13.2 Å². The number of amides is 1. The molecule has 1 aromatic heterocycles. The smallest absolute Gasteiger partial charge is 0.346 e. The number of aromatic carboxylic acids is 1. The van der Waals surface area contributed by atoms with E-state index in [0.717, 1.165) is 4.31 Å². The van der Waals surface area contributed by atoms with Crippen molar-refractivity contribution in [1.29, 1.82) is 0 Å². The van der Waals surface area contributed by atoms with Gasteiger partial charge in [0.2, 0.25) is 5.91 Å². The molecular weight excluding hydrogens is 304 g/mol. The van der Waals surface area contributed by atoms with Crippen LogP contribution in [0.2, 0.25) is 0 Å². The SMILES string of the molecule is Cc1cc(S(=O)(=O)N2CCN(C)C(=O)C2)sc1C(=O)O. The van der Waals surface area contributed by atoms with Gasteiger partial charge in [-0.15, -0.1) is 11.3 Å². The fraction of sp³-hybridized carbons (Fsp3) is 0.455. The van der Waals surface area contributed by atoms with E-state index in [-0.39, 0.29) is 28.1 Å². The summed E-state index contributed by atoms with van der Waals surface area (Å²) in [5.74, 6) is -1.42. The topological polar surface area (TPSA) is 95.0 Å². The van der Waals surface area contributed by atoms with Gasteiger partial charge in [-0.2, -0.15) is 4.31 Å². The normalized spacial score (nSPS) is 17.5. The lowest BCUT2D eigenvalue weighted by Gasteiger charge is -2.30. The maximum absolute atomic E-state index is 12.4. The Kier molecular flexibility index (Phi) is 3.85. The van der Waals surface area contributed by atoms with Gasteiger partial charge in [0, 0.05) is 20.1 Å². The van der Waals surface area contributed by atoms with E-state index in [0.29, 0.717) is 23.4 Å². The van der Waals surface area contributed by atoms with Crippen molar-refractivity contribution in [2.24, 2.45) is 0 Å². The summed E-state index contributed by atoms with van der Waals surface area (Å²) in [5.41, 5.74) is 0.404. The van der Waals surface area contributed by atoms with Crippen molar-refractivity contribution in [3.63, 3.8) is 0 Å². The van der Waals surface area contributed by atoms with E-state index < -0.39 is 16.0 Å². The first-order valence-corrected chi connectivity index (χ1v) is 8.07. The van der Waals surface area contributed by atoms with Crippen LogP contribution in [0.4, 0.5) is 0 Å². The second kappa shape index (κ2) is 5.15. The Morgan fingerprint density at radius 1 is 1.40 bits per heavy atom. The minimum Gasteiger partial charge on any atom is -0.477 e. The highest BCUT2D eigenvalue weighted by Crippen LogP contribution is 2.29. The van der Waals surface area contributed by atoms with Gasteiger partial charge < -0.3 is 10.0 Å². The third-order valence-corrected chi connectivity index (χ3v) is 6.63. The molecule has 110 valence electrons. The highest BCUT2D eigenvalue weighted by Gasteiger charge is 2.33. The van der Waals surface area contributed by atoms with Crippen molar-refractivity contribution in [3.8, 4) is 0 Å². The van der Waals surface area contributed by atoms with Crippen LogP contribution in [0.3, 0.4) is 0 Å². The van der Waals surface area contributed by atoms with Crippen LogP contribution in [-0.2, 0) is 14.8 Å². The Morgan fingerprint density at radius 2 is 2.05 bits per heavy atom. The number of sulfonamides is 1. The van der Waals surface area contributed by atoms with Crippen LogP contribution in [0, 0.1) is 6.92 Å². The van der Waals surface area contributed by atoms with Gasteiger partial charge in [-0.3, -0.25) is 4.79 Å². The van der Waals surface area contributed by atoms with Crippen LogP contribution in [0.15, 0.2) is 10.3 Å². The standard InChI is InChI=1S/C11H14N2O5S2/c1-7-5-9(19-10(7)11(15)16)20(17,18)13-4-3-12(2)8(14)6-13/h5H,3-4,6H2,1-2H3,(H,15,16). The molecule has 0 aliphatic carbocycles. The summed E-state index contributed by atoms with van der Waals surface area (Å²) in [6, 6.07) is 1.34. The minimum absolute atomic E-state index is 0.00373. The van der Waals surface area contributed by atoms with Gasteiger partial charge in [0.1, 0.15) is 9.09 Å². The largest absolute Gasteiger partial charge is 0.477 e. The molecule has 1 N–H and O–H groups in total. The third kappa shape index (κ3) is 2.56. The number of carboxylic acids is 1. The Morgan fingerprint density at radius 3 is 2.55 bits per heavy atom. The summed E-state index contributed by atoms with van der Waals surface area (Å²) in [6.45, 7) is 1.88. The van der Waals surface area contributed by atoms with Crippen LogP contribution in [0.25, 0.3) is 0 Å². The molecule has 0 spiro atoms. The summed E-state index contributed by atoms with van der Waals surface area (Å²) < 4.78 is 25.9. The van der Waals surface area contributed by atoms with E-state index in [9.17, 15) is 18.0 Å². The van der Waals surface area contributed by atoms with E-state index >= 15 is 0 Å². The highest BCUT2D eigenvalue weighted by molar-refractivity contribution is 7.91. The van der Waals surface area contributed by atoms with E-state index in [2.05, 4.69) is 0 Å². The third-order valence-electron chi connectivity index (χ3n) is 3.11. The molecule has 1 aromatic rings. The first kappa shape index (κ1) is 14.9. The van der Waals surface area contributed by atoms with E-state index in [1.165, 1.54) is 11.0 Å². The lowest BCUT2D eigenvalue weighted by atomic mass is 10.3. The number of thiophene rings is 1. The predicted molar refractivity (Wildman–Crippen MR) is 72.4 cm³/mol. The summed E-state index contributed by atoms with van der Waals surface area (Å²) in [7, 11) is -2.20. The van der Waals surface area contributed by atoms with Gasteiger partial charge in [-0.1, -0.05) is 0 Å². The zero-order chi connectivity index (χ0) is 15.1. The molecule has 7 nitrogen and oxygen atoms in total. The number of piperazine rings is 1. The van der Waals surface area contributed by atoms with E-state index in [4.69, 9.17) is 5.11 Å². The molecule has 1 amide bonds. The first-order valence-electron chi connectivity index (χ1n) is 5.81. The van der Waals surface area contributed by atoms with Crippen LogP contribution >= 0.6 is 11.3 Å². The average molecular weight is 318 g/mol. The van der Waals surface area contributed by atoms with Gasteiger partial charge in [-0.05, 0) is 18.6 Å². The molecule has 0 bridgehead atoms. The minimum atomic E-state index is -3.81. The molecular formula is C11H14N2O5S2. The Hall–Kier alpha value is -1.45. The molecule has 1 aliphatic heterocycles. The number of carbonyl (C=O) groups is 2. The molecule has 0 radical (unpaired) electrons. The molecule has 0 saturated carbocycles. The molecule has 0 aromatic carbocycles. The maximum atomic E-state index is 12.4. The Bertz CT molecular complexity index is 664. The lowest BCUT2D eigenvalue weighted by Crippen LogP contribution is -2.50. The number of likely N-dealkylation sites (N-methyl/N-ethyl adjacent to an activating group) is 1. The van der Waals surface area contributed by atoms with Crippen molar-refractivity contribution >= 4 is 33.2 Å². The van der Waals surface area contributed by atoms with Crippen molar-refractivity contribution in [2.45, 2.75) is 11.1 Å². The van der Waals surface area contributed by atoms with Crippen LogP contribution in [0.5, 0.6) is 0 Å². The molecule has 1 fully saturated rings. The van der Waals surface area contributed by atoms with Crippen molar-refractivity contribution in [1.82, 2.24) is 9.21 Å². The molecule has 0 unspecified atom stereocenters. The van der Waals surface area contributed by atoms with Crippen molar-refractivity contribution in [2.75, 3.05) is 26.7 Å². The number of carbonyl (C=O) groups excluding carboxylic acids is 1. The number of nitrogens with zero attached hydrogens (tertiary/aromatic N) is 2. The monoisotopic (exact) mass is 318 g/mol. The van der Waals surface area contributed by atoms with Crippen LogP contribution in [-0.4, -0.2) is 61.3 Å². The number of carboxylic acid groups (broad SMARTS) is 1. The Balaban J connectivity index is 2.33. The molecule has 9 heteroatoms. The summed E-state index contributed by atoms with van der Waals surface area (Å²) in [6.07, 6.45) is 0. The molecule has 2 rings (SSSR count). The molecule has 1 saturated heterocycles. The molecule has 0 atom stereocenters. The summed E-state index contributed by atoms with van der Waals surface area (Å²) >= 11 is 0.716. The van der Waals surface area contributed by atoms with E-state index in [1.807, 2.05) is 0 Å². The fourth-order valence-corrected chi connectivity index (χ4v) is 4.78.